The molecular weight excluding hydrogens is 436 g/mol. The van der Waals surface area contributed by atoms with E-state index in [1.165, 1.54) is 46.8 Å². The van der Waals surface area contributed by atoms with Crippen molar-refractivity contribution >= 4 is 35.5 Å². The summed E-state index contributed by atoms with van der Waals surface area (Å²) in [5, 5.41) is 0. The minimum atomic E-state index is 0. The highest BCUT2D eigenvalue weighted by Crippen LogP contribution is 2.43. The Morgan fingerprint density at radius 3 is 2.50 bits per heavy atom. The molecule has 0 aliphatic carbocycles. The summed E-state index contributed by atoms with van der Waals surface area (Å²) in [6, 6.07) is 27.0. The Morgan fingerprint density at radius 2 is 1.69 bits per heavy atom. The van der Waals surface area contributed by atoms with Gasteiger partial charge in [0.2, 0.25) is 0 Å². The summed E-state index contributed by atoms with van der Waals surface area (Å²) in [5.41, 5.74) is 5.56. The molecule has 168 valence electrons. The molecule has 2 heterocycles. The molecule has 2 aliphatic heterocycles. The molecule has 3 aromatic rings. The predicted octanol–water partition coefficient (Wildman–Crippen LogP) is 6.57. The number of nitrogens with zero attached hydrogens (tertiary/aromatic N) is 2. The van der Waals surface area contributed by atoms with E-state index in [2.05, 4.69) is 82.6 Å². The van der Waals surface area contributed by atoms with Crippen LogP contribution in [0.2, 0.25) is 0 Å². The Morgan fingerprint density at radius 1 is 0.938 bits per heavy atom. The number of rotatable bonds is 6. The molecule has 0 unspecified atom stereocenters. The van der Waals surface area contributed by atoms with Crippen LogP contribution in [-0.4, -0.2) is 37.7 Å². The van der Waals surface area contributed by atoms with Gasteiger partial charge in [0, 0.05) is 35.5 Å². The molecule has 0 bridgehead atoms. The first kappa shape index (κ1) is 23.0. The van der Waals surface area contributed by atoms with Gasteiger partial charge in [-0.2, -0.15) is 0 Å². The molecular formula is C27H31ClN2OS. The zero-order chi connectivity index (χ0) is 21.0. The van der Waals surface area contributed by atoms with E-state index >= 15 is 0 Å². The number of benzene rings is 3. The number of para-hydroxylation sites is 2. The number of hydrogen-bond acceptors (Lipinski definition) is 4. The van der Waals surface area contributed by atoms with Crippen LogP contribution in [0.5, 0.6) is 5.75 Å². The zero-order valence-electron chi connectivity index (χ0n) is 18.6. The van der Waals surface area contributed by atoms with E-state index in [1.54, 1.807) is 7.11 Å². The van der Waals surface area contributed by atoms with Crippen LogP contribution in [0.25, 0.3) is 0 Å². The second kappa shape index (κ2) is 10.7. The molecule has 0 spiro atoms. The van der Waals surface area contributed by atoms with Gasteiger partial charge in [0.15, 0.2) is 0 Å². The van der Waals surface area contributed by atoms with Crippen molar-refractivity contribution < 1.29 is 4.74 Å². The summed E-state index contributed by atoms with van der Waals surface area (Å²) in [7, 11) is 1.72. The Balaban J connectivity index is 0.00000245. The van der Waals surface area contributed by atoms with Crippen molar-refractivity contribution in [2.24, 2.45) is 0 Å². The second-order valence-electron chi connectivity index (χ2n) is 8.43. The molecule has 0 N–H and O–H groups in total. The Kier molecular flexibility index (Phi) is 7.67. The number of anilines is 2. The summed E-state index contributed by atoms with van der Waals surface area (Å²) >= 11 is 1.96. The van der Waals surface area contributed by atoms with Crippen molar-refractivity contribution in [3.05, 3.63) is 83.9 Å². The van der Waals surface area contributed by atoms with Crippen LogP contribution in [0, 0.1) is 0 Å². The summed E-state index contributed by atoms with van der Waals surface area (Å²) in [5.74, 6) is 1.97. The van der Waals surface area contributed by atoms with E-state index in [0.717, 1.165) is 31.0 Å². The maximum atomic E-state index is 5.30. The molecule has 32 heavy (non-hydrogen) atoms. The van der Waals surface area contributed by atoms with Crippen LogP contribution in [0.4, 0.5) is 11.4 Å². The molecule has 1 fully saturated rings. The highest BCUT2D eigenvalue weighted by atomic mass is 35.5. The van der Waals surface area contributed by atoms with E-state index in [-0.39, 0.29) is 12.4 Å². The maximum Gasteiger partial charge on any atom is 0.118 e. The predicted molar refractivity (Wildman–Crippen MR) is 138 cm³/mol. The first-order chi connectivity index (χ1) is 15.3. The van der Waals surface area contributed by atoms with Gasteiger partial charge >= 0.3 is 0 Å². The van der Waals surface area contributed by atoms with Crippen molar-refractivity contribution in [1.29, 1.82) is 0 Å². The van der Waals surface area contributed by atoms with Gasteiger partial charge < -0.3 is 9.64 Å². The van der Waals surface area contributed by atoms with Crippen molar-refractivity contribution in [3.63, 3.8) is 0 Å². The summed E-state index contributed by atoms with van der Waals surface area (Å²) < 4.78 is 5.30. The Bertz CT molecular complexity index is 979. The average molecular weight is 467 g/mol. The molecule has 0 saturated carbocycles. The van der Waals surface area contributed by atoms with E-state index < -0.39 is 0 Å². The van der Waals surface area contributed by atoms with Crippen molar-refractivity contribution in [2.75, 3.05) is 31.6 Å². The molecule has 5 rings (SSSR count). The molecule has 0 radical (unpaired) electrons. The molecule has 0 amide bonds. The zero-order valence-corrected chi connectivity index (χ0v) is 20.2. The van der Waals surface area contributed by atoms with Crippen LogP contribution < -0.4 is 9.64 Å². The fraction of sp³-hybridized carbons (Fsp3) is 0.333. The number of hydrogen-bond donors (Lipinski definition) is 0. The minimum absolute atomic E-state index is 0. The number of likely N-dealkylation sites (tertiary alicyclic amines) is 1. The topological polar surface area (TPSA) is 15.7 Å². The first-order valence-corrected chi connectivity index (χ1v) is 12.2. The lowest BCUT2D eigenvalue weighted by Gasteiger charge is -2.33. The number of ether oxygens (including phenoxy) is 1. The highest BCUT2D eigenvalue weighted by molar-refractivity contribution is 7.98. The quantitative estimate of drug-likeness (QED) is 0.408. The third-order valence-corrected chi connectivity index (χ3v) is 7.67. The summed E-state index contributed by atoms with van der Waals surface area (Å²) in [6.45, 7) is 3.37. The Hall–Kier alpha value is -2.14. The van der Waals surface area contributed by atoms with Gasteiger partial charge in [-0.15, -0.1) is 24.2 Å². The third-order valence-electron chi connectivity index (χ3n) is 6.56. The number of methoxy groups -OCH3 is 1. The lowest BCUT2D eigenvalue weighted by atomic mass is 10.1. The van der Waals surface area contributed by atoms with Crippen LogP contribution in [0.1, 0.15) is 24.0 Å². The maximum absolute atomic E-state index is 5.30. The molecule has 1 atom stereocenters. The lowest BCUT2D eigenvalue weighted by molar-refractivity contribution is 0.261. The molecule has 1 saturated heterocycles. The SMILES string of the molecule is COc1ccc(CCN2CCC[C@H]2CN2c3ccccc3CSc3ccccc32)cc1.Cl. The smallest absolute Gasteiger partial charge is 0.118 e. The van der Waals surface area contributed by atoms with E-state index in [9.17, 15) is 0 Å². The number of thioether (sulfide) groups is 1. The van der Waals surface area contributed by atoms with Crippen molar-refractivity contribution in [3.8, 4) is 5.75 Å². The van der Waals surface area contributed by atoms with Crippen molar-refractivity contribution in [2.45, 2.75) is 36.0 Å². The lowest BCUT2D eigenvalue weighted by Crippen LogP contribution is -2.39. The molecule has 2 aliphatic rings. The highest BCUT2D eigenvalue weighted by Gasteiger charge is 2.29. The summed E-state index contributed by atoms with van der Waals surface area (Å²) in [4.78, 5) is 6.68. The van der Waals surface area contributed by atoms with Gasteiger partial charge in [0.05, 0.1) is 12.8 Å². The van der Waals surface area contributed by atoms with E-state index in [4.69, 9.17) is 4.74 Å². The number of halogens is 1. The van der Waals surface area contributed by atoms with Crippen LogP contribution >= 0.6 is 24.2 Å². The summed E-state index contributed by atoms with van der Waals surface area (Å²) in [6.07, 6.45) is 3.65. The average Bonchev–Trinajstić information content (AvgIpc) is 3.21. The molecule has 5 heteroatoms. The third kappa shape index (κ3) is 4.93. The minimum Gasteiger partial charge on any atom is -0.497 e. The van der Waals surface area contributed by atoms with E-state index in [1.807, 2.05) is 11.8 Å². The van der Waals surface area contributed by atoms with Gasteiger partial charge in [-0.25, -0.2) is 0 Å². The largest absolute Gasteiger partial charge is 0.497 e. The van der Waals surface area contributed by atoms with Gasteiger partial charge in [-0.05, 0) is 67.3 Å². The first-order valence-electron chi connectivity index (χ1n) is 11.3. The molecule has 3 nitrogen and oxygen atoms in total. The fourth-order valence-electron chi connectivity index (χ4n) is 4.85. The van der Waals surface area contributed by atoms with Gasteiger partial charge in [0.25, 0.3) is 0 Å². The second-order valence-corrected chi connectivity index (χ2v) is 9.44. The van der Waals surface area contributed by atoms with Crippen LogP contribution in [-0.2, 0) is 12.2 Å². The van der Waals surface area contributed by atoms with Crippen LogP contribution in [0.15, 0.2) is 77.7 Å². The van der Waals surface area contributed by atoms with Gasteiger partial charge in [0.1, 0.15) is 5.75 Å². The van der Waals surface area contributed by atoms with Gasteiger partial charge in [-0.3, -0.25) is 4.90 Å². The standard InChI is InChI=1S/C27H30N2OS.ClH/c1-30-24-14-12-21(13-15-24)16-18-28-17-6-8-23(28)19-29-25-9-3-2-7-22(25)20-31-27-11-5-4-10-26(27)29;/h2-5,7,9-15,23H,6,8,16-20H2,1H3;1H/t23-;/m0./s1. The van der Waals surface area contributed by atoms with E-state index in [0.29, 0.717) is 6.04 Å². The van der Waals surface area contributed by atoms with Gasteiger partial charge in [-0.1, -0.05) is 42.5 Å². The number of fused-ring (bicyclic) bond motifs is 2. The normalized spacial score (nSPS) is 17.8. The fourth-order valence-corrected chi connectivity index (χ4v) is 5.91. The Labute approximate surface area is 202 Å². The van der Waals surface area contributed by atoms with Crippen LogP contribution in [0.3, 0.4) is 0 Å². The molecule has 0 aromatic heterocycles. The monoisotopic (exact) mass is 466 g/mol. The molecule has 3 aromatic carbocycles. The van der Waals surface area contributed by atoms with Crippen molar-refractivity contribution in [1.82, 2.24) is 4.90 Å².